The quantitative estimate of drug-likeness (QED) is 0.346. The summed E-state index contributed by atoms with van der Waals surface area (Å²) in [6.45, 7) is 5.18. The van der Waals surface area contributed by atoms with Gasteiger partial charge < -0.3 is 15.0 Å². The first-order valence-corrected chi connectivity index (χ1v) is 12.4. The molecule has 2 N–H and O–H groups in total. The SMILES string of the molecule is O=C(CCCc1c(-c2ccc3ccccc3n2)[nH]c2ccc(F)cc12)NCCCN1CCOCC1. The fraction of sp³-hybridized carbons (Fsp3) is 0.357. The van der Waals surface area contributed by atoms with E-state index >= 15 is 0 Å². The number of hydrogen-bond acceptors (Lipinski definition) is 4. The third kappa shape index (κ3) is 5.69. The molecular formula is C28H31FN4O2. The molecule has 0 spiro atoms. The van der Waals surface area contributed by atoms with Gasteiger partial charge in [-0.3, -0.25) is 9.69 Å². The molecule has 5 rings (SSSR count). The summed E-state index contributed by atoms with van der Waals surface area (Å²) >= 11 is 0. The number of benzene rings is 2. The van der Waals surface area contributed by atoms with Gasteiger partial charge in [-0.2, -0.15) is 0 Å². The number of amides is 1. The van der Waals surface area contributed by atoms with Crippen molar-refractivity contribution < 1.29 is 13.9 Å². The standard InChI is InChI=1S/C28H31FN4O2/c29-21-10-12-25-23(19-21)22(28(32-25)26-11-9-20-5-1-2-7-24(20)31-26)6-3-8-27(34)30-13-4-14-33-15-17-35-18-16-33/h1-2,5,7,9-12,19,32H,3-4,6,8,13-18H2,(H,30,34). The summed E-state index contributed by atoms with van der Waals surface area (Å²) in [6, 6.07) is 16.8. The maximum atomic E-state index is 14.1. The van der Waals surface area contributed by atoms with Crippen molar-refractivity contribution in [1.29, 1.82) is 0 Å². The number of rotatable bonds is 9. The molecule has 35 heavy (non-hydrogen) atoms. The molecule has 0 radical (unpaired) electrons. The molecule has 6 nitrogen and oxygen atoms in total. The van der Waals surface area contributed by atoms with Crippen LogP contribution in [-0.2, 0) is 16.0 Å². The molecule has 1 saturated heterocycles. The maximum Gasteiger partial charge on any atom is 0.220 e. The summed E-state index contributed by atoms with van der Waals surface area (Å²) in [5.74, 6) is -0.211. The molecule has 1 amide bonds. The monoisotopic (exact) mass is 474 g/mol. The minimum atomic E-state index is -0.270. The van der Waals surface area contributed by atoms with Crippen LogP contribution in [0.3, 0.4) is 0 Å². The Morgan fingerprint density at radius 2 is 1.94 bits per heavy atom. The van der Waals surface area contributed by atoms with Gasteiger partial charge in [0.05, 0.1) is 30.1 Å². The van der Waals surface area contributed by atoms with E-state index in [1.165, 1.54) is 6.07 Å². The zero-order chi connectivity index (χ0) is 24.0. The Kier molecular flexibility index (Phi) is 7.35. The van der Waals surface area contributed by atoms with Gasteiger partial charge in [-0.15, -0.1) is 0 Å². The summed E-state index contributed by atoms with van der Waals surface area (Å²) in [6.07, 6.45) is 2.71. The number of nitrogens with zero attached hydrogens (tertiary/aromatic N) is 2. The normalized spacial score (nSPS) is 14.5. The van der Waals surface area contributed by atoms with E-state index in [2.05, 4.69) is 21.3 Å². The second-order valence-corrected chi connectivity index (χ2v) is 9.07. The number of hydrogen-bond donors (Lipinski definition) is 2. The van der Waals surface area contributed by atoms with Gasteiger partial charge in [0, 0.05) is 42.3 Å². The first-order chi connectivity index (χ1) is 17.2. The molecule has 2 aromatic carbocycles. The van der Waals surface area contributed by atoms with Crippen LogP contribution in [0.15, 0.2) is 54.6 Å². The molecule has 1 fully saturated rings. The van der Waals surface area contributed by atoms with E-state index in [0.29, 0.717) is 25.8 Å². The number of aryl methyl sites for hydroxylation is 1. The molecule has 1 aliphatic heterocycles. The summed E-state index contributed by atoms with van der Waals surface area (Å²) < 4.78 is 19.5. The molecule has 0 bridgehead atoms. The Balaban J connectivity index is 1.24. The lowest BCUT2D eigenvalue weighted by Crippen LogP contribution is -2.38. The third-order valence-corrected chi connectivity index (χ3v) is 6.63. The van der Waals surface area contributed by atoms with Crippen LogP contribution in [0.4, 0.5) is 4.39 Å². The Morgan fingerprint density at radius 1 is 1.09 bits per heavy atom. The van der Waals surface area contributed by atoms with E-state index in [0.717, 1.165) is 78.0 Å². The van der Waals surface area contributed by atoms with Gasteiger partial charge in [0.2, 0.25) is 5.91 Å². The fourth-order valence-corrected chi connectivity index (χ4v) is 4.77. The molecule has 7 heteroatoms. The van der Waals surface area contributed by atoms with E-state index in [1.54, 1.807) is 12.1 Å². The number of carbonyl (C=O) groups excluding carboxylic acids is 1. The van der Waals surface area contributed by atoms with Gasteiger partial charge in [0.1, 0.15) is 5.82 Å². The number of carbonyl (C=O) groups is 1. The summed E-state index contributed by atoms with van der Waals surface area (Å²) in [5.41, 5.74) is 4.50. The van der Waals surface area contributed by atoms with Crippen molar-refractivity contribution in [3.63, 3.8) is 0 Å². The number of morpholine rings is 1. The smallest absolute Gasteiger partial charge is 0.220 e. The molecule has 2 aromatic heterocycles. The molecule has 0 unspecified atom stereocenters. The van der Waals surface area contributed by atoms with Crippen LogP contribution < -0.4 is 5.32 Å². The highest BCUT2D eigenvalue weighted by Crippen LogP contribution is 2.32. The van der Waals surface area contributed by atoms with E-state index < -0.39 is 0 Å². The number of aromatic nitrogens is 2. The number of fused-ring (bicyclic) bond motifs is 2. The maximum absolute atomic E-state index is 14.1. The first-order valence-electron chi connectivity index (χ1n) is 12.4. The minimum absolute atomic E-state index is 0.0587. The van der Waals surface area contributed by atoms with Crippen LogP contribution >= 0.6 is 0 Å². The zero-order valence-corrected chi connectivity index (χ0v) is 19.9. The van der Waals surface area contributed by atoms with Crippen LogP contribution in [0, 0.1) is 5.82 Å². The Hall–Kier alpha value is -3.29. The molecule has 182 valence electrons. The van der Waals surface area contributed by atoms with Crippen LogP contribution in [0.2, 0.25) is 0 Å². The van der Waals surface area contributed by atoms with Crippen molar-refractivity contribution in [1.82, 2.24) is 20.2 Å². The first kappa shape index (κ1) is 23.5. The molecule has 0 aliphatic carbocycles. The number of pyridine rings is 1. The Labute approximate surface area is 204 Å². The number of aromatic amines is 1. The lowest BCUT2D eigenvalue weighted by atomic mass is 10.0. The van der Waals surface area contributed by atoms with Crippen molar-refractivity contribution in [2.45, 2.75) is 25.7 Å². The molecule has 0 atom stereocenters. The number of H-pyrrole nitrogens is 1. The minimum Gasteiger partial charge on any atom is -0.379 e. The molecular weight excluding hydrogens is 443 g/mol. The van der Waals surface area contributed by atoms with Gasteiger partial charge in [-0.05, 0) is 61.7 Å². The third-order valence-electron chi connectivity index (χ3n) is 6.63. The topological polar surface area (TPSA) is 70.2 Å². The highest BCUT2D eigenvalue weighted by molar-refractivity contribution is 5.91. The van der Waals surface area contributed by atoms with Crippen molar-refractivity contribution in [3.8, 4) is 11.4 Å². The van der Waals surface area contributed by atoms with Gasteiger partial charge in [-0.1, -0.05) is 24.3 Å². The summed E-state index contributed by atoms with van der Waals surface area (Å²) in [7, 11) is 0. The van der Waals surface area contributed by atoms with Crippen LogP contribution in [-0.4, -0.2) is 60.2 Å². The van der Waals surface area contributed by atoms with Crippen LogP contribution in [0.25, 0.3) is 33.2 Å². The molecule has 1 aliphatic rings. The predicted molar refractivity (Wildman–Crippen MR) is 137 cm³/mol. The van der Waals surface area contributed by atoms with Crippen molar-refractivity contribution in [3.05, 3.63) is 66.0 Å². The number of halogens is 1. The number of para-hydroxylation sites is 1. The van der Waals surface area contributed by atoms with Crippen molar-refractivity contribution in [2.24, 2.45) is 0 Å². The van der Waals surface area contributed by atoms with E-state index in [-0.39, 0.29) is 11.7 Å². The average molecular weight is 475 g/mol. The van der Waals surface area contributed by atoms with Crippen LogP contribution in [0.1, 0.15) is 24.8 Å². The van der Waals surface area contributed by atoms with Gasteiger partial charge in [-0.25, -0.2) is 9.37 Å². The van der Waals surface area contributed by atoms with Gasteiger partial charge in [0.15, 0.2) is 0 Å². The molecule has 3 heterocycles. The van der Waals surface area contributed by atoms with E-state index in [4.69, 9.17) is 9.72 Å². The lowest BCUT2D eigenvalue weighted by molar-refractivity contribution is -0.121. The largest absolute Gasteiger partial charge is 0.379 e. The van der Waals surface area contributed by atoms with Crippen molar-refractivity contribution in [2.75, 3.05) is 39.4 Å². The second kappa shape index (κ2) is 11.0. The second-order valence-electron chi connectivity index (χ2n) is 9.07. The van der Waals surface area contributed by atoms with E-state index in [9.17, 15) is 9.18 Å². The van der Waals surface area contributed by atoms with E-state index in [1.807, 2.05) is 30.3 Å². The lowest BCUT2D eigenvalue weighted by Gasteiger charge is -2.26. The van der Waals surface area contributed by atoms with Gasteiger partial charge in [0.25, 0.3) is 0 Å². The summed E-state index contributed by atoms with van der Waals surface area (Å²) in [4.78, 5) is 23.1. The van der Waals surface area contributed by atoms with Crippen molar-refractivity contribution >= 4 is 27.7 Å². The predicted octanol–water partition coefficient (Wildman–Crippen LogP) is 4.68. The Morgan fingerprint density at radius 3 is 2.83 bits per heavy atom. The fourth-order valence-electron chi connectivity index (χ4n) is 4.77. The Bertz CT molecular complexity index is 1310. The highest BCUT2D eigenvalue weighted by Gasteiger charge is 2.16. The average Bonchev–Trinajstić information content (AvgIpc) is 3.24. The molecule has 0 saturated carbocycles. The zero-order valence-electron chi connectivity index (χ0n) is 19.9. The summed E-state index contributed by atoms with van der Waals surface area (Å²) in [5, 5.41) is 4.96. The van der Waals surface area contributed by atoms with Crippen LogP contribution in [0.5, 0.6) is 0 Å². The number of ether oxygens (including phenoxy) is 1. The number of nitrogens with one attached hydrogen (secondary N) is 2. The van der Waals surface area contributed by atoms with Gasteiger partial charge >= 0.3 is 0 Å². The highest BCUT2D eigenvalue weighted by atomic mass is 19.1. The molecule has 4 aromatic rings.